The lowest BCUT2D eigenvalue weighted by Crippen LogP contribution is -2.45. The largest absolute Gasteiger partial charge is 0.493 e. The van der Waals surface area contributed by atoms with Crippen LogP contribution in [0.2, 0.25) is 0 Å². The van der Waals surface area contributed by atoms with E-state index in [0.717, 1.165) is 0 Å². The van der Waals surface area contributed by atoms with Crippen LogP contribution in [0.25, 0.3) is 0 Å². The number of urea groups is 1. The average Bonchev–Trinajstić information content (AvgIpc) is 2.68. The third-order valence-corrected chi connectivity index (χ3v) is 4.76. The second kappa shape index (κ2) is 9.64. The van der Waals surface area contributed by atoms with Crippen LogP contribution in [-0.2, 0) is 19.1 Å². The molecule has 2 atom stereocenters. The molecule has 158 valence electrons. The molecule has 29 heavy (non-hydrogen) atoms. The number of rotatable bonds is 7. The summed E-state index contributed by atoms with van der Waals surface area (Å²) in [5.74, 6) is -0.494. The second-order valence-electron chi connectivity index (χ2n) is 6.11. The fourth-order valence-electron chi connectivity index (χ4n) is 2.83. The summed E-state index contributed by atoms with van der Waals surface area (Å²) < 4.78 is 21.4. The highest BCUT2D eigenvalue weighted by molar-refractivity contribution is 9.10. The van der Waals surface area contributed by atoms with E-state index in [1.807, 2.05) is 0 Å². The third-order valence-electron chi connectivity index (χ3n) is 4.17. The first-order chi connectivity index (χ1) is 13.7. The number of halogens is 1. The summed E-state index contributed by atoms with van der Waals surface area (Å²) >= 11 is 3.41. The van der Waals surface area contributed by atoms with Gasteiger partial charge < -0.3 is 29.6 Å². The van der Waals surface area contributed by atoms with Gasteiger partial charge in [0.15, 0.2) is 17.6 Å². The zero-order valence-electron chi connectivity index (χ0n) is 16.8. The Morgan fingerprint density at radius 3 is 2.55 bits per heavy atom. The first kappa shape index (κ1) is 22.5. The Bertz CT molecular complexity index is 853. The number of esters is 2. The minimum Gasteiger partial charge on any atom is -0.493 e. The smallest absolute Gasteiger partial charge is 0.347 e. The summed E-state index contributed by atoms with van der Waals surface area (Å²) in [7, 11) is 2.71. The number of benzene rings is 1. The highest BCUT2D eigenvalue weighted by Crippen LogP contribution is 2.40. The van der Waals surface area contributed by atoms with Crippen molar-refractivity contribution in [2.75, 3.05) is 20.8 Å². The fourth-order valence-corrected chi connectivity index (χ4v) is 3.38. The number of methoxy groups -OCH3 is 2. The van der Waals surface area contributed by atoms with Gasteiger partial charge in [-0.2, -0.15) is 0 Å². The fraction of sp³-hybridized carbons (Fsp3) is 0.421. The molecule has 0 spiro atoms. The van der Waals surface area contributed by atoms with E-state index in [0.29, 0.717) is 21.5 Å². The van der Waals surface area contributed by atoms with Crippen molar-refractivity contribution in [1.82, 2.24) is 10.6 Å². The SMILES string of the molecule is CCOC(=O)[C@H](C)Oc1c(Br)cc([C@@H]2NC(=O)NC(C)=C2C(=O)OC)cc1OC. The van der Waals surface area contributed by atoms with Crippen molar-refractivity contribution in [1.29, 1.82) is 0 Å². The average molecular weight is 471 g/mol. The predicted octanol–water partition coefficient (Wildman–Crippen LogP) is 2.59. The standard InChI is InChI=1S/C19H23BrN2O7/c1-6-28-17(23)10(3)29-16-12(20)7-11(8-13(16)26-4)15-14(18(24)27-5)9(2)21-19(25)22-15/h7-8,10,15H,6H2,1-5H3,(H2,21,22,25)/t10-,15-/m0/s1. The van der Waals surface area contributed by atoms with Gasteiger partial charge in [0.05, 0.1) is 36.9 Å². The van der Waals surface area contributed by atoms with Crippen molar-refractivity contribution >= 4 is 33.9 Å². The minimum absolute atomic E-state index is 0.237. The molecule has 0 radical (unpaired) electrons. The van der Waals surface area contributed by atoms with Crippen molar-refractivity contribution < 1.29 is 33.3 Å². The molecule has 0 unspecified atom stereocenters. The Hall–Kier alpha value is -2.75. The van der Waals surface area contributed by atoms with E-state index in [1.54, 1.807) is 32.9 Å². The maximum Gasteiger partial charge on any atom is 0.347 e. The maximum absolute atomic E-state index is 12.3. The molecule has 2 amide bonds. The molecular formula is C19H23BrN2O7. The molecule has 2 N–H and O–H groups in total. The van der Waals surface area contributed by atoms with Crippen LogP contribution in [-0.4, -0.2) is 44.9 Å². The Balaban J connectivity index is 2.46. The van der Waals surface area contributed by atoms with E-state index >= 15 is 0 Å². The summed E-state index contributed by atoms with van der Waals surface area (Å²) in [5.41, 5.74) is 1.20. The number of nitrogens with one attached hydrogen (secondary N) is 2. The first-order valence-electron chi connectivity index (χ1n) is 8.80. The lowest BCUT2D eigenvalue weighted by Gasteiger charge is -2.28. The summed E-state index contributed by atoms with van der Waals surface area (Å²) in [6, 6.07) is 2.07. The van der Waals surface area contributed by atoms with Gasteiger partial charge in [-0.3, -0.25) is 0 Å². The molecule has 1 aliphatic heterocycles. The van der Waals surface area contributed by atoms with E-state index in [9.17, 15) is 14.4 Å². The van der Waals surface area contributed by atoms with E-state index in [-0.39, 0.29) is 17.9 Å². The lowest BCUT2D eigenvalue weighted by atomic mass is 9.95. The minimum atomic E-state index is -0.864. The van der Waals surface area contributed by atoms with Gasteiger partial charge in [0.25, 0.3) is 0 Å². The number of carbonyl (C=O) groups is 3. The van der Waals surface area contributed by atoms with Crippen LogP contribution < -0.4 is 20.1 Å². The van der Waals surface area contributed by atoms with Crippen molar-refractivity contribution in [3.05, 3.63) is 33.4 Å². The highest BCUT2D eigenvalue weighted by atomic mass is 79.9. The lowest BCUT2D eigenvalue weighted by molar-refractivity contribution is -0.150. The van der Waals surface area contributed by atoms with Crippen LogP contribution >= 0.6 is 15.9 Å². The van der Waals surface area contributed by atoms with Gasteiger partial charge in [-0.15, -0.1) is 0 Å². The van der Waals surface area contributed by atoms with Gasteiger partial charge in [-0.1, -0.05) is 0 Å². The van der Waals surface area contributed by atoms with E-state index in [2.05, 4.69) is 26.6 Å². The first-order valence-corrected chi connectivity index (χ1v) is 9.60. The molecule has 10 heteroatoms. The number of hydrogen-bond donors (Lipinski definition) is 2. The molecule has 0 saturated carbocycles. The number of allylic oxidation sites excluding steroid dienone is 1. The van der Waals surface area contributed by atoms with Gasteiger partial charge in [-0.05, 0) is 54.4 Å². The molecule has 1 aromatic rings. The van der Waals surface area contributed by atoms with Crippen LogP contribution in [0.4, 0.5) is 4.79 Å². The van der Waals surface area contributed by atoms with Crippen LogP contribution in [0.5, 0.6) is 11.5 Å². The van der Waals surface area contributed by atoms with Crippen molar-refractivity contribution in [2.45, 2.75) is 32.9 Å². The van der Waals surface area contributed by atoms with Crippen LogP contribution in [0.1, 0.15) is 32.4 Å². The van der Waals surface area contributed by atoms with Gasteiger partial charge in [0.1, 0.15) is 0 Å². The molecule has 2 rings (SSSR count). The normalized spacial score (nSPS) is 17.0. The molecule has 1 heterocycles. The van der Waals surface area contributed by atoms with Crippen LogP contribution in [0, 0.1) is 0 Å². The van der Waals surface area contributed by atoms with Crippen molar-refractivity contribution in [3.63, 3.8) is 0 Å². The van der Waals surface area contributed by atoms with E-state index in [1.165, 1.54) is 14.2 Å². The number of hydrogen-bond acceptors (Lipinski definition) is 7. The topological polar surface area (TPSA) is 112 Å². The number of ether oxygens (including phenoxy) is 4. The second-order valence-corrected chi connectivity index (χ2v) is 6.96. The zero-order chi connectivity index (χ0) is 21.7. The van der Waals surface area contributed by atoms with E-state index in [4.69, 9.17) is 18.9 Å². The van der Waals surface area contributed by atoms with Crippen LogP contribution in [0.15, 0.2) is 27.9 Å². The number of amides is 2. The molecule has 0 aromatic heterocycles. The summed E-state index contributed by atoms with van der Waals surface area (Å²) in [5, 5.41) is 5.26. The van der Waals surface area contributed by atoms with Gasteiger partial charge in [0, 0.05) is 5.70 Å². The molecule has 0 fully saturated rings. The van der Waals surface area contributed by atoms with E-state index < -0.39 is 30.1 Å². The Kier molecular flexibility index (Phi) is 7.49. The maximum atomic E-state index is 12.3. The Morgan fingerprint density at radius 2 is 1.97 bits per heavy atom. The Labute approximate surface area is 176 Å². The summed E-state index contributed by atoms with van der Waals surface area (Å²) in [6.45, 7) is 5.12. The summed E-state index contributed by atoms with van der Waals surface area (Å²) in [4.78, 5) is 36.1. The summed E-state index contributed by atoms with van der Waals surface area (Å²) in [6.07, 6.45) is -0.864. The highest BCUT2D eigenvalue weighted by Gasteiger charge is 2.33. The molecule has 1 aliphatic rings. The zero-order valence-corrected chi connectivity index (χ0v) is 18.3. The van der Waals surface area contributed by atoms with Gasteiger partial charge >= 0.3 is 18.0 Å². The third kappa shape index (κ3) is 5.00. The van der Waals surface area contributed by atoms with Gasteiger partial charge in [0.2, 0.25) is 0 Å². The number of carbonyl (C=O) groups excluding carboxylic acids is 3. The van der Waals surface area contributed by atoms with Gasteiger partial charge in [-0.25, -0.2) is 14.4 Å². The molecule has 9 nitrogen and oxygen atoms in total. The monoisotopic (exact) mass is 470 g/mol. The molecule has 0 saturated heterocycles. The quantitative estimate of drug-likeness (QED) is 0.588. The van der Waals surface area contributed by atoms with Crippen molar-refractivity contribution in [3.8, 4) is 11.5 Å². The molecular weight excluding hydrogens is 448 g/mol. The van der Waals surface area contributed by atoms with Crippen molar-refractivity contribution in [2.24, 2.45) is 0 Å². The molecule has 1 aromatic carbocycles. The van der Waals surface area contributed by atoms with Crippen LogP contribution in [0.3, 0.4) is 0 Å². The molecule has 0 bridgehead atoms. The molecule has 0 aliphatic carbocycles. The predicted molar refractivity (Wildman–Crippen MR) is 107 cm³/mol. The Morgan fingerprint density at radius 1 is 1.28 bits per heavy atom.